The highest BCUT2D eigenvalue weighted by molar-refractivity contribution is 5.43. The molecule has 2 atom stereocenters. The molecular formula is C17H23NO. The van der Waals surface area contributed by atoms with Crippen LogP contribution in [0, 0.1) is 5.92 Å². The van der Waals surface area contributed by atoms with Crippen LogP contribution >= 0.6 is 0 Å². The van der Waals surface area contributed by atoms with Gasteiger partial charge in [0, 0.05) is 12.6 Å². The first kappa shape index (κ1) is 12.7. The molecule has 2 aliphatic rings. The number of nitrogens with zero attached hydrogens (tertiary/aromatic N) is 1. The molecule has 0 amide bonds. The van der Waals surface area contributed by atoms with E-state index in [0.717, 1.165) is 24.6 Å². The van der Waals surface area contributed by atoms with E-state index in [0.29, 0.717) is 6.04 Å². The fourth-order valence-electron chi connectivity index (χ4n) is 3.86. The van der Waals surface area contributed by atoms with Crippen molar-refractivity contribution < 1.29 is 4.74 Å². The van der Waals surface area contributed by atoms with E-state index in [1.807, 2.05) is 6.08 Å². The third kappa shape index (κ3) is 2.30. The zero-order valence-corrected chi connectivity index (χ0v) is 11.8. The third-order valence-corrected chi connectivity index (χ3v) is 4.74. The lowest BCUT2D eigenvalue weighted by atomic mass is 9.75. The number of ether oxygens (including phenoxy) is 1. The lowest BCUT2D eigenvalue weighted by Crippen LogP contribution is -2.49. The van der Waals surface area contributed by atoms with E-state index in [-0.39, 0.29) is 0 Å². The highest BCUT2D eigenvalue weighted by Gasteiger charge is 2.35. The predicted molar refractivity (Wildman–Crippen MR) is 78.7 cm³/mol. The summed E-state index contributed by atoms with van der Waals surface area (Å²) in [6.45, 7) is 6.14. The maximum absolute atomic E-state index is 5.55. The summed E-state index contributed by atoms with van der Waals surface area (Å²) in [6.07, 6.45) is 7.09. The van der Waals surface area contributed by atoms with Gasteiger partial charge in [-0.3, -0.25) is 4.90 Å². The van der Waals surface area contributed by atoms with Gasteiger partial charge < -0.3 is 4.74 Å². The molecule has 19 heavy (non-hydrogen) atoms. The summed E-state index contributed by atoms with van der Waals surface area (Å²) < 4.78 is 5.55. The van der Waals surface area contributed by atoms with Crippen molar-refractivity contribution in [3.63, 3.8) is 0 Å². The SMILES string of the molecule is C=CCN1CCC[C@@H]2Cc3cccc(OC)c3C[C@H]21. The maximum Gasteiger partial charge on any atom is 0.122 e. The molecule has 3 rings (SSSR count). The second-order valence-electron chi connectivity index (χ2n) is 5.76. The van der Waals surface area contributed by atoms with Gasteiger partial charge in [0.1, 0.15) is 5.75 Å². The topological polar surface area (TPSA) is 12.5 Å². The van der Waals surface area contributed by atoms with Gasteiger partial charge in [0.25, 0.3) is 0 Å². The Morgan fingerprint density at radius 2 is 2.32 bits per heavy atom. The van der Waals surface area contributed by atoms with Gasteiger partial charge in [-0.25, -0.2) is 0 Å². The molecule has 0 N–H and O–H groups in total. The van der Waals surface area contributed by atoms with Crippen molar-refractivity contribution >= 4 is 0 Å². The first-order valence-electron chi connectivity index (χ1n) is 7.33. The molecule has 0 aromatic heterocycles. The Morgan fingerprint density at radius 1 is 1.42 bits per heavy atom. The van der Waals surface area contributed by atoms with Gasteiger partial charge in [-0.05, 0) is 55.3 Å². The highest BCUT2D eigenvalue weighted by Crippen LogP contribution is 2.38. The first-order valence-corrected chi connectivity index (χ1v) is 7.33. The summed E-state index contributed by atoms with van der Waals surface area (Å²) in [5.74, 6) is 1.88. The summed E-state index contributed by atoms with van der Waals surface area (Å²) in [7, 11) is 1.78. The lowest BCUT2D eigenvalue weighted by Gasteiger charge is -2.44. The van der Waals surface area contributed by atoms with Gasteiger partial charge in [0.2, 0.25) is 0 Å². The zero-order chi connectivity index (χ0) is 13.2. The van der Waals surface area contributed by atoms with Crippen LogP contribution in [-0.4, -0.2) is 31.1 Å². The number of fused-ring (bicyclic) bond motifs is 2. The van der Waals surface area contributed by atoms with Crippen molar-refractivity contribution in [2.75, 3.05) is 20.2 Å². The standard InChI is InChI=1S/C17H23NO/c1-3-9-18-10-5-7-14-11-13-6-4-8-17(19-2)15(13)12-16(14)18/h3-4,6,8,14,16H,1,5,7,9-12H2,2H3/t14-,16-/m1/s1. The Labute approximate surface area is 116 Å². The van der Waals surface area contributed by atoms with E-state index in [1.165, 1.54) is 36.9 Å². The molecule has 1 aromatic rings. The largest absolute Gasteiger partial charge is 0.496 e. The zero-order valence-electron chi connectivity index (χ0n) is 11.8. The van der Waals surface area contributed by atoms with E-state index in [1.54, 1.807) is 7.11 Å². The minimum absolute atomic E-state index is 0.676. The second kappa shape index (κ2) is 5.38. The van der Waals surface area contributed by atoms with E-state index in [9.17, 15) is 0 Å². The van der Waals surface area contributed by atoms with Crippen LogP contribution in [0.1, 0.15) is 24.0 Å². The Kier molecular flexibility index (Phi) is 3.61. The number of methoxy groups -OCH3 is 1. The van der Waals surface area contributed by atoms with Gasteiger partial charge in [-0.2, -0.15) is 0 Å². The number of likely N-dealkylation sites (tertiary alicyclic amines) is 1. The van der Waals surface area contributed by atoms with Crippen molar-refractivity contribution in [1.82, 2.24) is 4.90 Å². The minimum atomic E-state index is 0.676. The lowest BCUT2D eigenvalue weighted by molar-refractivity contribution is 0.0965. The van der Waals surface area contributed by atoms with Crippen molar-refractivity contribution in [3.8, 4) is 5.75 Å². The number of hydrogen-bond acceptors (Lipinski definition) is 2. The van der Waals surface area contributed by atoms with E-state index in [4.69, 9.17) is 4.74 Å². The molecule has 1 aliphatic heterocycles. The van der Waals surface area contributed by atoms with Gasteiger partial charge in [-0.1, -0.05) is 18.2 Å². The molecule has 0 saturated carbocycles. The third-order valence-electron chi connectivity index (χ3n) is 4.74. The molecule has 1 fully saturated rings. The van der Waals surface area contributed by atoms with Crippen LogP contribution < -0.4 is 4.74 Å². The van der Waals surface area contributed by atoms with Crippen molar-refractivity contribution in [3.05, 3.63) is 42.0 Å². The normalized spacial score (nSPS) is 26.4. The van der Waals surface area contributed by atoms with Gasteiger partial charge in [-0.15, -0.1) is 6.58 Å². The van der Waals surface area contributed by atoms with E-state index >= 15 is 0 Å². The highest BCUT2D eigenvalue weighted by atomic mass is 16.5. The van der Waals surface area contributed by atoms with E-state index < -0.39 is 0 Å². The van der Waals surface area contributed by atoms with E-state index in [2.05, 4.69) is 29.7 Å². The van der Waals surface area contributed by atoms with Gasteiger partial charge >= 0.3 is 0 Å². The number of hydrogen-bond donors (Lipinski definition) is 0. The Bertz CT molecular complexity index is 468. The summed E-state index contributed by atoms with van der Waals surface area (Å²) in [5, 5.41) is 0. The fraction of sp³-hybridized carbons (Fsp3) is 0.529. The van der Waals surface area contributed by atoms with Crippen molar-refractivity contribution in [2.45, 2.75) is 31.7 Å². The maximum atomic E-state index is 5.55. The fourth-order valence-corrected chi connectivity index (χ4v) is 3.86. The number of benzene rings is 1. The minimum Gasteiger partial charge on any atom is -0.496 e. The van der Waals surface area contributed by atoms with Crippen LogP contribution in [0.2, 0.25) is 0 Å². The van der Waals surface area contributed by atoms with Crippen LogP contribution in [0.4, 0.5) is 0 Å². The summed E-state index contributed by atoms with van der Waals surface area (Å²) >= 11 is 0. The number of piperidine rings is 1. The quantitative estimate of drug-likeness (QED) is 0.772. The van der Waals surface area contributed by atoms with Gasteiger partial charge in [0.05, 0.1) is 7.11 Å². The van der Waals surface area contributed by atoms with Crippen LogP contribution in [0.5, 0.6) is 5.75 Å². The molecule has 1 aliphatic carbocycles. The first-order chi connectivity index (χ1) is 9.33. The van der Waals surface area contributed by atoms with Crippen molar-refractivity contribution in [2.24, 2.45) is 5.92 Å². The summed E-state index contributed by atoms with van der Waals surface area (Å²) in [4.78, 5) is 2.61. The molecular weight excluding hydrogens is 234 g/mol. The second-order valence-corrected chi connectivity index (χ2v) is 5.76. The number of rotatable bonds is 3. The van der Waals surface area contributed by atoms with Crippen LogP contribution in [0.25, 0.3) is 0 Å². The van der Waals surface area contributed by atoms with Crippen LogP contribution in [0.3, 0.4) is 0 Å². The average molecular weight is 257 g/mol. The van der Waals surface area contributed by atoms with Crippen LogP contribution in [-0.2, 0) is 12.8 Å². The molecule has 1 heterocycles. The Hall–Kier alpha value is -1.28. The molecule has 2 nitrogen and oxygen atoms in total. The summed E-state index contributed by atoms with van der Waals surface area (Å²) in [5.41, 5.74) is 2.93. The summed E-state index contributed by atoms with van der Waals surface area (Å²) in [6, 6.07) is 7.18. The Balaban J connectivity index is 1.91. The Morgan fingerprint density at radius 3 is 3.11 bits per heavy atom. The predicted octanol–water partition coefficient (Wildman–Crippen LogP) is 3.06. The molecule has 1 saturated heterocycles. The molecule has 0 radical (unpaired) electrons. The molecule has 2 heteroatoms. The molecule has 1 aromatic carbocycles. The molecule has 0 unspecified atom stereocenters. The van der Waals surface area contributed by atoms with Gasteiger partial charge in [0.15, 0.2) is 0 Å². The monoisotopic (exact) mass is 257 g/mol. The van der Waals surface area contributed by atoms with Crippen LogP contribution in [0.15, 0.2) is 30.9 Å². The molecule has 0 bridgehead atoms. The average Bonchev–Trinajstić information content (AvgIpc) is 2.45. The molecule has 0 spiro atoms. The van der Waals surface area contributed by atoms with Crippen molar-refractivity contribution in [1.29, 1.82) is 0 Å². The smallest absolute Gasteiger partial charge is 0.122 e. The molecule has 102 valence electrons.